The molecule has 0 radical (unpaired) electrons. The molecule has 0 fully saturated rings. The Morgan fingerprint density at radius 2 is 1.69 bits per heavy atom. The molecule has 0 N–H and O–H groups in total. The minimum atomic E-state index is -4.61. The van der Waals surface area contributed by atoms with Gasteiger partial charge in [-0.3, -0.25) is 0 Å². The minimum Gasteiger partial charge on any atom is -0.248 e. The number of rotatable bonds is 1. The van der Waals surface area contributed by atoms with E-state index in [9.17, 15) is 26.2 Å². The number of benzene rings is 1. The summed E-state index contributed by atoms with van der Waals surface area (Å²) in [6.45, 7) is 0. The average molecular weight is 256 g/mol. The Balaban J connectivity index is 2.75. The fourth-order valence-electron chi connectivity index (χ4n) is 1.60. The van der Waals surface area contributed by atoms with Gasteiger partial charge in [0.15, 0.2) is 0 Å². The molecule has 0 aromatic heterocycles. The summed E-state index contributed by atoms with van der Waals surface area (Å²) in [6, 6.07) is 4.15. The Labute approximate surface area is 89.7 Å². The molecule has 0 amide bonds. The van der Waals surface area contributed by atoms with Crippen LogP contribution in [0.15, 0.2) is 29.2 Å². The molecule has 1 heterocycles. The summed E-state index contributed by atoms with van der Waals surface area (Å²) in [5.41, 5.74) is -5.07. The topological polar surface area (TPSA) is 17.1 Å². The van der Waals surface area contributed by atoms with Crippen molar-refractivity contribution in [3.63, 3.8) is 0 Å². The second-order valence-corrected chi connectivity index (χ2v) is 4.78. The Morgan fingerprint density at radius 3 is 2.25 bits per heavy atom. The second-order valence-electron chi connectivity index (χ2n) is 3.29. The van der Waals surface area contributed by atoms with E-state index in [1.807, 2.05) is 0 Å². The van der Waals surface area contributed by atoms with Gasteiger partial charge in [-0.2, -0.15) is 8.78 Å². The van der Waals surface area contributed by atoms with Crippen molar-refractivity contribution < 1.29 is 26.2 Å². The highest BCUT2D eigenvalue weighted by atomic mass is 32.2. The normalized spacial score (nSPS) is 31.8. The lowest BCUT2D eigenvalue weighted by Gasteiger charge is -2.25. The standard InChI is InChI=1S/C9H5F5OS/c10-7(11)8(12)5-3-1-2-4-6(5)16(15)9(8,13)14/h1-4,7H. The van der Waals surface area contributed by atoms with Gasteiger partial charge in [0.2, 0.25) is 0 Å². The molecule has 2 rings (SSSR count). The molecular weight excluding hydrogens is 251 g/mol. The van der Waals surface area contributed by atoms with Crippen LogP contribution in [0.5, 0.6) is 0 Å². The summed E-state index contributed by atoms with van der Waals surface area (Å²) in [5, 5.41) is -4.61. The van der Waals surface area contributed by atoms with E-state index in [-0.39, 0.29) is 0 Å². The lowest BCUT2D eigenvalue weighted by Crippen LogP contribution is -2.45. The van der Waals surface area contributed by atoms with Crippen LogP contribution in [-0.2, 0) is 16.5 Å². The van der Waals surface area contributed by atoms with Crippen molar-refractivity contribution in [3.8, 4) is 0 Å². The molecule has 16 heavy (non-hydrogen) atoms. The maximum atomic E-state index is 13.8. The smallest absolute Gasteiger partial charge is 0.248 e. The van der Waals surface area contributed by atoms with Crippen LogP contribution >= 0.6 is 0 Å². The van der Waals surface area contributed by atoms with Crippen LogP contribution in [0.2, 0.25) is 0 Å². The van der Waals surface area contributed by atoms with Crippen LogP contribution in [0, 0.1) is 0 Å². The van der Waals surface area contributed by atoms with Crippen LogP contribution in [0.3, 0.4) is 0 Å². The molecule has 1 nitrogen and oxygen atoms in total. The summed E-state index contributed by atoms with van der Waals surface area (Å²) in [6.07, 6.45) is -3.94. The van der Waals surface area contributed by atoms with Crippen molar-refractivity contribution in [1.82, 2.24) is 0 Å². The van der Waals surface area contributed by atoms with E-state index in [1.165, 1.54) is 6.07 Å². The zero-order chi connectivity index (χ0) is 12.1. The SMILES string of the molecule is O=S1c2ccccc2C(F)(C(F)F)C1(F)F. The zero-order valence-electron chi connectivity index (χ0n) is 7.59. The maximum absolute atomic E-state index is 13.8. The molecule has 1 aromatic carbocycles. The van der Waals surface area contributed by atoms with Crippen LogP contribution in [-0.4, -0.2) is 15.9 Å². The highest BCUT2D eigenvalue weighted by Gasteiger charge is 2.71. The fraction of sp³-hybridized carbons (Fsp3) is 0.333. The van der Waals surface area contributed by atoms with Gasteiger partial charge >= 0.3 is 5.25 Å². The molecule has 0 spiro atoms. The molecule has 2 unspecified atom stereocenters. The first kappa shape index (κ1) is 11.5. The lowest BCUT2D eigenvalue weighted by molar-refractivity contribution is -0.151. The van der Waals surface area contributed by atoms with Gasteiger partial charge in [0.1, 0.15) is 10.8 Å². The molecule has 2 atom stereocenters. The lowest BCUT2D eigenvalue weighted by atomic mass is 9.97. The molecule has 7 heteroatoms. The molecule has 1 aromatic rings. The molecule has 1 aliphatic heterocycles. The van der Waals surface area contributed by atoms with E-state index in [4.69, 9.17) is 0 Å². The predicted octanol–water partition coefficient (Wildman–Crippen LogP) is 2.83. The van der Waals surface area contributed by atoms with E-state index in [0.717, 1.165) is 18.2 Å². The fourth-order valence-corrected chi connectivity index (χ4v) is 2.97. The van der Waals surface area contributed by atoms with E-state index >= 15 is 0 Å². The largest absolute Gasteiger partial charge is 0.368 e. The van der Waals surface area contributed by atoms with E-state index in [2.05, 4.69) is 0 Å². The van der Waals surface area contributed by atoms with Gasteiger partial charge in [0.25, 0.3) is 12.1 Å². The van der Waals surface area contributed by atoms with Gasteiger partial charge in [0.05, 0.1) is 4.90 Å². The highest BCUT2D eigenvalue weighted by molar-refractivity contribution is 7.86. The van der Waals surface area contributed by atoms with Crippen molar-refractivity contribution in [2.24, 2.45) is 0 Å². The first-order valence-corrected chi connectivity index (χ1v) is 5.34. The number of alkyl halides is 5. The summed E-state index contributed by atoms with van der Waals surface area (Å²) >= 11 is 0. The summed E-state index contributed by atoms with van der Waals surface area (Å²) in [4.78, 5) is -0.574. The van der Waals surface area contributed by atoms with Gasteiger partial charge in [-0.25, -0.2) is 17.4 Å². The van der Waals surface area contributed by atoms with Crippen molar-refractivity contribution in [2.45, 2.75) is 22.2 Å². The monoisotopic (exact) mass is 256 g/mol. The molecule has 0 bridgehead atoms. The number of hydrogen-bond donors (Lipinski definition) is 0. The molecule has 0 saturated carbocycles. The van der Waals surface area contributed by atoms with Crippen molar-refractivity contribution in [3.05, 3.63) is 29.8 Å². The van der Waals surface area contributed by atoms with Gasteiger partial charge in [-0.15, -0.1) is 0 Å². The van der Waals surface area contributed by atoms with Crippen molar-refractivity contribution >= 4 is 10.8 Å². The van der Waals surface area contributed by atoms with Crippen molar-refractivity contribution in [2.75, 3.05) is 0 Å². The van der Waals surface area contributed by atoms with Crippen LogP contribution in [0.1, 0.15) is 5.56 Å². The third kappa shape index (κ3) is 1.12. The van der Waals surface area contributed by atoms with Gasteiger partial charge in [-0.1, -0.05) is 18.2 Å². The number of fused-ring (bicyclic) bond motifs is 1. The highest BCUT2D eigenvalue weighted by Crippen LogP contribution is 2.56. The van der Waals surface area contributed by atoms with Crippen molar-refractivity contribution in [1.29, 1.82) is 0 Å². The maximum Gasteiger partial charge on any atom is 0.368 e. The molecule has 0 saturated heterocycles. The van der Waals surface area contributed by atoms with Gasteiger partial charge in [0, 0.05) is 5.56 Å². The first-order chi connectivity index (χ1) is 7.33. The van der Waals surface area contributed by atoms with E-state index in [0.29, 0.717) is 0 Å². The quantitative estimate of drug-likeness (QED) is 0.706. The Hall–Kier alpha value is -0.980. The third-order valence-corrected chi connectivity index (χ3v) is 3.95. The van der Waals surface area contributed by atoms with Crippen LogP contribution in [0.25, 0.3) is 0 Å². The number of halogens is 5. The molecule has 0 aliphatic carbocycles. The summed E-state index contributed by atoms with van der Waals surface area (Å²) in [5.74, 6) is 0. The molecule has 1 aliphatic rings. The van der Waals surface area contributed by atoms with E-state index in [1.54, 1.807) is 0 Å². The number of hydrogen-bond acceptors (Lipinski definition) is 1. The summed E-state index contributed by atoms with van der Waals surface area (Å²) < 4.78 is 76.5. The van der Waals surface area contributed by atoms with Crippen LogP contribution < -0.4 is 0 Å². The van der Waals surface area contributed by atoms with Crippen LogP contribution in [0.4, 0.5) is 22.0 Å². The average Bonchev–Trinajstić information content (AvgIpc) is 2.40. The third-order valence-electron chi connectivity index (χ3n) is 2.44. The summed E-state index contributed by atoms with van der Waals surface area (Å²) in [7, 11) is -3.09. The van der Waals surface area contributed by atoms with E-state index < -0.39 is 38.6 Å². The Morgan fingerprint density at radius 1 is 1.12 bits per heavy atom. The zero-order valence-corrected chi connectivity index (χ0v) is 8.41. The predicted molar refractivity (Wildman–Crippen MR) is 46.6 cm³/mol. The Kier molecular flexibility index (Phi) is 2.34. The van der Waals surface area contributed by atoms with Gasteiger partial charge < -0.3 is 0 Å². The van der Waals surface area contributed by atoms with Gasteiger partial charge in [-0.05, 0) is 6.07 Å². The molecule has 88 valence electrons. The second kappa shape index (κ2) is 3.26. The first-order valence-electron chi connectivity index (χ1n) is 4.19. The Bertz CT molecular complexity index is 461. The minimum absolute atomic E-state index is 0.574. The molecular formula is C9H5F5OS.